The van der Waals surface area contributed by atoms with E-state index in [1.807, 2.05) is 0 Å². The Morgan fingerprint density at radius 2 is 1.63 bits per heavy atom. The van der Waals surface area contributed by atoms with Crippen LogP contribution in [-0.2, 0) is 31.4 Å². The third-order valence-electron chi connectivity index (χ3n) is 4.49. The van der Waals surface area contributed by atoms with Crippen molar-refractivity contribution in [3.8, 4) is 0 Å². The first-order chi connectivity index (χ1) is 13.9. The zero-order valence-electron chi connectivity index (χ0n) is 17.6. The van der Waals surface area contributed by atoms with E-state index in [0.29, 0.717) is 18.7 Å². The van der Waals surface area contributed by atoms with Crippen LogP contribution in [0.25, 0.3) is 0 Å². The molecule has 2 aromatic rings. The van der Waals surface area contributed by atoms with Crippen LogP contribution < -0.4 is 0 Å². The van der Waals surface area contributed by atoms with Gasteiger partial charge in [-0.2, -0.15) is 4.31 Å². The molecular weight excluding hydrogens is 432 g/mol. The van der Waals surface area contributed by atoms with Gasteiger partial charge in [-0.1, -0.05) is 19.9 Å². The Balaban J connectivity index is 2.22. The second-order valence-electron chi connectivity index (χ2n) is 6.65. The molecule has 1 aromatic heterocycles. The molecule has 0 unspecified atom stereocenters. The highest BCUT2D eigenvalue weighted by Gasteiger charge is 2.25. The van der Waals surface area contributed by atoms with Gasteiger partial charge in [0, 0.05) is 27.2 Å². The molecule has 0 aliphatic heterocycles. The molecule has 0 radical (unpaired) electrons. The van der Waals surface area contributed by atoms with Gasteiger partial charge in [-0.3, -0.25) is 0 Å². The Kier molecular flexibility index (Phi) is 7.45. The van der Waals surface area contributed by atoms with Crippen molar-refractivity contribution in [2.24, 2.45) is 0 Å². The number of nitrogens with zero attached hydrogens (tertiary/aromatic N) is 2. The summed E-state index contributed by atoms with van der Waals surface area (Å²) in [6.07, 6.45) is 0. The van der Waals surface area contributed by atoms with Crippen molar-refractivity contribution in [3.63, 3.8) is 0 Å². The maximum absolute atomic E-state index is 12.7. The number of esters is 1. The minimum absolute atomic E-state index is 0.00103. The summed E-state index contributed by atoms with van der Waals surface area (Å²) in [4.78, 5) is 12.5. The maximum Gasteiger partial charge on any atom is 0.338 e. The van der Waals surface area contributed by atoms with Crippen LogP contribution in [0.1, 0.15) is 35.5 Å². The van der Waals surface area contributed by atoms with Gasteiger partial charge in [0.05, 0.1) is 10.5 Å². The van der Waals surface area contributed by atoms with Gasteiger partial charge in [0.2, 0.25) is 15.1 Å². The zero-order chi connectivity index (χ0) is 22.7. The third kappa shape index (κ3) is 4.91. The van der Waals surface area contributed by atoms with E-state index in [4.69, 9.17) is 9.15 Å². The normalized spacial score (nSPS) is 12.5. The summed E-state index contributed by atoms with van der Waals surface area (Å²) in [5.41, 5.74) is 0.657. The highest BCUT2D eigenvalue weighted by atomic mass is 32.2. The van der Waals surface area contributed by atoms with Crippen molar-refractivity contribution in [1.82, 2.24) is 8.61 Å². The molecule has 9 nitrogen and oxygen atoms in total. The van der Waals surface area contributed by atoms with Crippen molar-refractivity contribution >= 4 is 26.0 Å². The Bertz CT molecular complexity index is 1120. The second-order valence-corrected chi connectivity index (χ2v) is 10.7. The summed E-state index contributed by atoms with van der Waals surface area (Å²) in [7, 11) is -4.71. The highest BCUT2D eigenvalue weighted by molar-refractivity contribution is 7.89. The maximum atomic E-state index is 12.7. The predicted molar refractivity (Wildman–Crippen MR) is 110 cm³/mol. The number of aryl methyl sites for hydroxylation is 1. The minimum Gasteiger partial charge on any atom is -0.454 e. The Hall–Kier alpha value is -2.21. The summed E-state index contributed by atoms with van der Waals surface area (Å²) in [5.74, 6) is -0.592. The highest BCUT2D eigenvalue weighted by Crippen LogP contribution is 2.22. The molecule has 11 heteroatoms. The number of furan rings is 1. The first kappa shape index (κ1) is 24.1. The topological polar surface area (TPSA) is 114 Å². The van der Waals surface area contributed by atoms with Crippen LogP contribution in [0.3, 0.4) is 0 Å². The Morgan fingerprint density at radius 1 is 1.00 bits per heavy atom. The van der Waals surface area contributed by atoms with Crippen LogP contribution in [0, 0.1) is 6.92 Å². The second kappa shape index (κ2) is 9.29. The molecule has 0 N–H and O–H groups in total. The average molecular weight is 459 g/mol. The molecule has 2 rings (SSSR count). The van der Waals surface area contributed by atoms with E-state index >= 15 is 0 Å². The molecule has 0 aliphatic carbocycles. The SMILES string of the molecule is CCN(CC)S(=O)(=O)c1ccc(C)c(C(=O)OCc2ccc(S(=O)(=O)N(C)C)o2)c1. The van der Waals surface area contributed by atoms with E-state index in [0.717, 1.165) is 4.31 Å². The molecule has 0 saturated heterocycles. The molecule has 0 bridgehead atoms. The van der Waals surface area contributed by atoms with Crippen LogP contribution >= 0.6 is 0 Å². The number of rotatable bonds is 9. The lowest BCUT2D eigenvalue weighted by molar-refractivity contribution is 0.0439. The first-order valence-electron chi connectivity index (χ1n) is 9.24. The lowest BCUT2D eigenvalue weighted by atomic mass is 10.1. The van der Waals surface area contributed by atoms with E-state index in [-0.39, 0.29) is 27.9 Å². The number of hydrogen-bond donors (Lipinski definition) is 0. The summed E-state index contributed by atoms with van der Waals surface area (Å²) in [5, 5.41) is -0.262. The number of hydrogen-bond acceptors (Lipinski definition) is 7. The first-order valence-corrected chi connectivity index (χ1v) is 12.1. The molecule has 1 aromatic carbocycles. The monoisotopic (exact) mass is 458 g/mol. The van der Waals surface area contributed by atoms with E-state index in [1.54, 1.807) is 26.8 Å². The third-order valence-corrected chi connectivity index (χ3v) is 8.22. The zero-order valence-corrected chi connectivity index (χ0v) is 19.2. The van der Waals surface area contributed by atoms with Crippen LogP contribution in [0.15, 0.2) is 44.7 Å². The number of sulfonamides is 2. The van der Waals surface area contributed by atoms with E-state index in [2.05, 4.69) is 0 Å². The smallest absolute Gasteiger partial charge is 0.338 e. The molecule has 0 fully saturated rings. The average Bonchev–Trinajstić information content (AvgIpc) is 3.16. The summed E-state index contributed by atoms with van der Waals surface area (Å²) >= 11 is 0. The number of carbonyl (C=O) groups is 1. The van der Waals surface area contributed by atoms with Crippen LogP contribution in [0.5, 0.6) is 0 Å². The van der Waals surface area contributed by atoms with E-state index in [1.165, 1.54) is 42.7 Å². The largest absolute Gasteiger partial charge is 0.454 e. The van der Waals surface area contributed by atoms with Gasteiger partial charge in [-0.25, -0.2) is 25.9 Å². The van der Waals surface area contributed by atoms with Gasteiger partial charge < -0.3 is 9.15 Å². The lowest BCUT2D eigenvalue weighted by Crippen LogP contribution is -2.30. The van der Waals surface area contributed by atoms with Crippen molar-refractivity contribution in [2.45, 2.75) is 37.4 Å². The lowest BCUT2D eigenvalue weighted by Gasteiger charge is -2.19. The van der Waals surface area contributed by atoms with Crippen molar-refractivity contribution in [3.05, 3.63) is 47.2 Å². The molecule has 1 heterocycles. The summed E-state index contributed by atoms with van der Waals surface area (Å²) in [6, 6.07) is 6.96. The number of ether oxygens (including phenoxy) is 1. The van der Waals surface area contributed by atoms with E-state index < -0.39 is 26.0 Å². The molecule has 0 saturated carbocycles. The van der Waals surface area contributed by atoms with Gasteiger partial charge in [0.25, 0.3) is 10.0 Å². The quantitative estimate of drug-likeness (QED) is 0.529. The fourth-order valence-corrected chi connectivity index (χ4v) is 4.96. The molecule has 0 aliphatic rings. The van der Waals surface area contributed by atoms with E-state index in [9.17, 15) is 21.6 Å². The molecule has 0 spiro atoms. The van der Waals surface area contributed by atoms with Gasteiger partial charge in [0.1, 0.15) is 12.4 Å². The van der Waals surface area contributed by atoms with Crippen LogP contribution in [0.4, 0.5) is 0 Å². The van der Waals surface area contributed by atoms with Crippen LogP contribution in [0.2, 0.25) is 0 Å². The standard InChI is InChI=1S/C19H26N2O7S2/c1-6-21(7-2)29(23,24)16-10-8-14(3)17(12-16)19(22)27-13-15-9-11-18(28-15)30(25,26)20(4)5/h8-12H,6-7,13H2,1-5H3. The van der Waals surface area contributed by atoms with Gasteiger partial charge >= 0.3 is 5.97 Å². The van der Waals surface area contributed by atoms with Gasteiger partial charge in [-0.05, 0) is 36.8 Å². The van der Waals surface area contributed by atoms with Crippen molar-refractivity contribution < 1.29 is 30.8 Å². The predicted octanol–water partition coefficient (Wildman–Crippen LogP) is 2.23. The Labute approximate surface area is 177 Å². The fraction of sp³-hybridized carbons (Fsp3) is 0.421. The summed E-state index contributed by atoms with van der Waals surface area (Å²) in [6.45, 7) is 5.46. The summed E-state index contributed by atoms with van der Waals surface area (Å²) < 4.78 is 62.3. The minimum atomic E-state index is -3.73. The molecule has 0 atom stereocenters. The molecular formula is C19H26N2O7S2. The number of benzene rings is 1. The molecule has 30 heavy (non-hydrogen) atoms. The molecule has 166 valence electrons. The number of carbonyl (C=O) groups excluding carboxylic acids is 1. The van der Waals surface area contributed by atoms with Gasteiger partial charge in [-0.15, -0.1) is 0 Å². The Morgan fingerprint density at radius 3 is 2.20 bits per heavy atom. The van der Waals surface area contributed by atoms with Crippen molar-refractivity contribution in [2.75, 3.05) is 27.2 Å². The van der Waals surface area contributed by atoms with Gasteiger partial charge in [0.15, 0.2) is 0 Å². The molecule has 0 amide bonds. The fourth-order valence-electron chi connectivity index (χ4n) is 2.66. The van der Waals surface area contributed by atoms with Crippen molar-refractivity contribution in [1.29, 1.82) is 0 Å². The van der Waals surface area contributed by atoms with Crippen LogP contribution in [-0.4, -0.2) is 58.6 Å².